The summed E-state index contributed by atoms with van der Waals surface area (Å²) < 4.78 is 0. The van der Waals surface area contributed by atoms with Gasteiger partial charge in [-0.2, -0.15) is 5.10 Å². The van der Waals surface area contributed by atoms with E-state index in [0.717, 1.165) is 43.0 Å². The van der Waals surface area contributed by atoms with Gasteiger partial charge in [0.25, 0.3) is 5.91 Å². The number of anilines is 1. The molecule has 1 amide bonds. The second-order valence-electron chi connectivity index (χ2n) is 8.24. The van der Waals surface area contributed by atoms with E-state index < -0.39 is 0 Å². The van der Waals surface area contributed by atoms with Crippen LogP contribution in [0, 0.1) is 5.92 Å². The number of nitrogens with zero attached hydrogens (tertiary/aromatic N) is 4. The number of carbonyl (C=O) groups excluding carboxylic acids is 1. The molecule has 2 aromatic rings. The summed E-state index contributed by atoms with van der Waals surface area (Å²) in [4.78, 5) is 18.9. The molecular formula is C22H31N5O. The molecule has 1 N–H and O–H groups in total. The molecule has 6 nitrogen and oxygen atoms in total. The molecule has 6 heteroatoms. The van der Waals surface area contributed by atoms with Crippen molar-refractivity contribution in [1.29, 1.82) is 0 Å². The fourth-order valence-corrected chi connectivity index (χ4v) is 3.39. The number of hydrogen-bond donors (Lipinski definition) is 1. The van der Waals surface area contributed by atoms with E-state index in [1.165, 1.54) is 0 Å². The molecule has 0 atom stereocenters. The quantitative estimate of drug-likeness (QED) is 0.825. The van der Waals surface area contributed by atoms with Crippen molar-refractivity contribution >= 4 is 11.7 Å². The highest BCUT2D eigenvalue weighted by Crippen LogP contribution is 2.22. The molecule has 0 saturated carbocycles. The Morgan fingerprint density at radius 1 is 1.07 bits per heavy atom. The number of amides is 1. The van der Waals surface area contributed by atoms with E-state index in [0.29, 0.717) is 30.0 Å². The van der Waals surface area contributed by atoms with Crippen LogP contribution in [0.3, 0.4) is 0 Å². The van der Waals surface area contributed by atoms with Crippen LogP contribution in [0.4, 0.5) is 5.82 Å². The maximum absolute atomic E-state index is 12.3. The van der Waals surface area contributed by atoms with E-state index in [-0.39, 0.29) is 5.91 Å². The van der Waals surface area contributed by atoms with Gasteiger partial charge < -0.3 is 10.2 Å². The zero-order valence-electron chi connectivity index (χ0n) is 17.4. The van der Waals surface area contributed by atoms with Crippen molar-refractivity contribution in [3.63, 3.8) is 0 Å². The van der Waals surface area contributed by atoms with Crippen molar-refractivity contribution in [3.05, 3.63) is 47.4 Å². The smallest absolute Gasteiger partial charge is 0.269 e. The highest BCUT2D eigenvalue weighted by atomic mass is 16.1. The van der Waals surface area contributed by atoms with Gasteiger partial charge in [-0.25, -0.2) is 0 Å². The predicted molar refractivity (Wildman–Crippen MR) is 112 cm³/mol. The molecular weight excluding hydrogens is 350 g/mol. The summed E-state index contributed by atoms with van der Waals surface area (Å²) in [5.41, 5.74) is 2.66. The van der Waals surface area contributed by atoms with E-state index in [1.54, 1.807) is 6.20 Å². The van der Waals surface area contributed by atoms with Crippen LogP contribution in [0.15, 0.2) is 30.5 Å². The molecule has 0 aliphatic carbocycles. The van der Waals surface area contributed by atoms with Crippen LogP contribution in [-0.2, 0) is 0 Å². The molecule has 1 aliphatic heterocycles. The fraction of sp³-hybridized carbons (Fsp3) is 0.545. The summed E-state index contributed by atoms with van der Waals surface area (Å²) in [5.74, 6) is 2.15. The Balaban J connectivity index is 1.45. The van der Waals surface area contributed by atoms with Gasteiger partial charge >= 0.3 is 0 Å². The van der Waals surface area contributed by atoms with Crippen LogP contribution in [0.2, 0.25) is 0 Å². The standard InChI is InChI=1S/C22H31N5O/c1-15(2)18-5-6-20(23-14-18)22(28)24-13-17-9-11-27(12-10-17)21-8-7-19(16(3)4)25-26-21/h5-8,14-17H,9-13H2,1-4H3,(H,24,28). The third kappa shape index (κ3) is 5.06. The Morgan fingerprint density at radius 2 is 1.82 bits per heavy atom. The molecule has 150 valence electrons. The van der Waals surface area contributed by atoms with Gasteiger partial charge in [-0.1, -0.05) is 33.8 Å². The van der Waals surface area contributed by atoms with Crippen LogP contribution in [0.25, 0.3) is 0 Å². The molecule has 0 aromatic carbocycles. The molecule has 1 fully saturated rings. The third-order valence-corrected chi connectivity index (χ3v) is 5.44. The van der Waals surface area contributed by atoms with Crippen LogP contribution in [0.1, 0.15) is 74.1 Å². The Hall–Kier alpha value is -2.50. The number of nitrogens with one attached hydrogen (secondary N) is 1. The lowest BCUT2D eigenvalue weighted by Crippen LogP contribution is -2.39. The van der Waals surface area contributed by atoms with Crippen molar-refractivity contribution in [1.82, 2.24) is 20.5 Å². The van der Waals surface area contributed by atoms with Crippen LogP contribution >= 0.6 is 0 Å². The first kappa shape index (κ1) is 20.2. The zero-order valence-corrected chi connectivity index (χ0v) is 17.4. The minimum absolute atomic E-state index is 0.0899. The van der Waals surface area contributed by atoms with Gasteiger partial charge in [0.2, 0.25) is 0 Å². The lowest BCUT2D eigenvalue weighted by Gasteiger charge is -2.32. The lowest BCUT2D eigenvalue weighted by atomic mass is 9.96. The predicted octanol–water partition coefficient (Wildman–Crippen LogP) is 3.76. The van der Waals surface area contributed by atoms with Gasteiger partial charge in [-0.15, -0.1) is 5.10 Å². The first-order valence-corrected chi connectivity index (χ1v) is 10.3. The highest BCUT2D eigenvalue weighted by Gasteiger charge is 2.21. The fourth-order valence-electron chi connectivity index (χ4n) is 3.39. The minimum atomic E-state index is -0.0899. The van der Waals surface area contributed by atoms with E-state index in [1.807, 2.05) is 12.1 Å². The largest absolute Gasteiger partial charge is 0.355 e. The Morgan fingerprint density at radius 3 is 2.36 bits per heavy atom. The maximum Gasteiger partial charge on any atom is 0.269 e. The second kappa shape index (κ2) is 9.13. The average Bonchev–Trinajstić information content (AvgIpc) is 2.72. The van der Waals surface area contributed by atoms with E-state index in [4.69, 9.17) is 0 Å². The van der Waals surface area contributed by atoms with Crippen molar-refractivity contribution in [2.45, 2.75) is 52.4 Å². The van der Waals surface area contributed by atoms with Gasteiger partial charge in [-0.3, -0.25) is 9.78 Å². The van der Waals surface area contributed by atoms with E-state index >= 15 is 0 Å². The van der Waals surface area contributed by atoms with Crippen molar-refractivity contribution < 1.29 is 4.79 Å². The number of rotatable bonds is 6. The number of hydrogen-bond acceptors (Lipinski definition) is 5. The topological polar surface area (TPSA) is 71.0 Å². The Kier molecular flexibility index (Phi) is 6.60. The maximum atomic E-state index is 12.3. The molecule has 1 aliphatic rings. The van der Waals surface area contributed by atoms with Gasteiger partial charge in [0.15, 0.2) is 5.82 Å². The van der Waals surface area contributed by atoms with Crippen molar-refractivity contribution in [3.8, 4) is 0 Å². The van der Waals surface area contributed by atoms with Crippen molar-refractivity contribution in [2.75, 3.05) is 24.5 Å². The molecule has 0 radical (unpaired) electrons. The number of pyridine rings is 1. The van der Waals surface area contributed by atoms with E-state index in [9.17, 15) is 4.79 Å². The normalized spacial score (nSPS) is 15.3. The summed E-state index contributed by atoms with van der Waals surface area (Å²) in [6.45, 7) is 11.1. The average molecular weight is 382 g/mol. The molecule has 28 heavy (non-hydrogen) atoms. The van der Waals surface area contributed by atoms with Gasteiger partial charge in [0, 0.05) is 25.8 Å². The molecule has 1 saturated heterocycles. The Bertz CT molecular complexity index is 763. The second-order valence-corrected chi connectivity index (χ2v) is 8.24. The number of carbonyl (C=O) groups is 1. The number of aromatic nitrogens is 3. The molecule has 0 bridgehead atoms. The van der Waals surface area contributed by atoms with Crippen LogP contribution < -0.4 is 10.2 Å². The monoisotopic (exact) mass is 381 g/mol. The highest BCUT2D eigenvalue weighted by molar-refractivity contribution is 5.92. The van der Waals surface area contributed by atoms with Crippen LogP contribution in [0.5, 0.6) is 0 Å². The SMILES string of the molecule is CC(C)c1ccc(C(=O)NCC2CCN(c3ccc(C(C)C)nn3)CC2)nc1. The molecule has 0 unspecified atom stereocenters. The first-order chi connectivity index (χ1) is 13.4. The third-order valence-electron chi connectivity index (χ3n) is 5.44. The molecule has 0 spiro atoms. The molecule has 3 rings (SSSR count). The van der Waals surface area contributed by atoms with Crippen molar-refractivity contribution in [2.24, 2.45) is 5.92 Å². The van der Waals surface area contributed by atoms with Crippen LogP contribution in [-0.4, -0.2) is 40.7 Å². The van der Waals surface area contributed by atoms with Gasteiger partial charge in [-0.05, 0) is 54.4 Å². The Labute approximate surface area is 167 Å². The van der Waals surface area contributed by atoms with Gasteiger partial charge in [0.1, 0.15) is 5.69 Å². The summed E-state index contributed by atoms with van der Waals surface area (Å²) in [6, 6.07) is 7.93. The molecule has 2 aromatic heterocycles. The van der Waals surface area contributed by atoms with Gasteiger partial charge in [0.05, 0.1) is 5.69 Å². The lowest BCUT2D eigenvalue weighted by molar-refractivity contribution is 0.0940. The minimum Gasteiger partial charge on any atom is -0.355 e. The summed E-state index contributed by atoms with van der Waals surface area (Å²) in [7, 11) is 0. The number of piperidine rings is 1. The summed E-state index contributed by atoms with van der Waals surface area (Å²) >= 11 is 0. The molecule has 3 heterocycles. The summed E-state index contributed by atoms with van der Waals surface area (Å²) in [5, 5.41) is 11.8. The summed E-state index contributed by atoms with van der Waals surface area (Å²) in [6.07, 6.45) is 3.87. The first-order valence-electron chi connectivity index (χ1n) is 10.3. The van der Waals surface area contributed by atoms with E-state index in [2.05, 4.69) is 65.2 Å². The zero-order chi connectivity index (χ0) is 20.1.